The zero-order valence-corrected chi connectivity index (χ0v) is 11.0. The molecule has 5 nitrogen and oxygen atoms in total. The second-order valence-corrected chi connectivity index (χ2v) is 4.35. The molecular formula is C14H19N3O2. The van der Waals surface area contributed by atoms with Gasteiger partial charge in [0, 0.05) is 31.7 Å². The Morgan fingerprint density at radius 3 is 2.74 bits per heavy atom. The van der Waals surface area contributed by atoms with Gasteiger partial charge in [-0.05, 0) is 17.7 Å². The quantitative estimate of drug-likeness (QED) is 0.779. The van der Waals surface area contributed by atoms with Crippen molar-refractivity contribution in [2.75, 3.05) is 20.3 Å². The first-order valence-corrected chi connectivity index (χ1v) is 6.24. The monoisotopic (exact) mass is 261 g/mol. The van der Waals surface area contributed by atoms with Gasteiger partial charge in [-0.2, -0.15) is 0 Å². The van der Waals surface area contributed by atoms with E-state index in [2.05, 4.69) is 22.4 Å². The fraction of sp³-hybridized carbons (Fsp3) is 0.357. The normalized spacial score (nSPS) is 12.5. The van der Waals surface area contributed by atoms with Crippen LogP contribution >= 0.6 is 0 Å². The van der Waals surface area contributed by atoms with Crippen molar-refractivity contribution < 1.29 is 9.84 Å². The van der Waals surface area contributed by atoms with Gasteiger partial charge in [0.2, 0.25) is 0 Å². The van der Waals surface area contributed by atoms with Crippen molar-refractivity contribution in [1.29, 1.82) is 0 Å². The Morgan fingerprint density at radius 1 is 1.37 bits per heavy atom. The number of nitrogens with zero attached hydrogens (tertiary/aromatic N) is 2. The molecule has 1 aromatic heterocycles. The molecule has 2 aromatic rings. The lowest BCUT2D eigenvalue weighted by Gasteiger charge is -2.15. The van der Waals surface area contributed by atoms with Crippen LogP contribution in [0.3, 0.4) is 0 Å². The minimum absolute atomic E-state index is 0.0293. The molecule has 0 saturated heterocycles. The van der Waals surface area contributed by atoms with E-state index in [1.165, 1.54) is 5.56 Å². The number of nitrogens with one attached hydrogen (secondary N) is 1. The number of methoxy groups -OCH3 is 1. The second kappa shape index (κ2) is 7.04. The summed E-state index contributed by atoms with van der Waals surface area (Å²) in [5.74, 6) is 0. The predicted octanol–water partition coefficient (Wildman–Crippen LogP) is 0.969. The van der Waals surface area contributed by atoms with Gasteiger partial charge in [-0.15, -0.1) is 0 Å². The lowest BCUT2D eigenvalue weighted by atomic mass is 10.2. The highest BCUT2D eigenvalue weighted by Crippen LogP contribution is 2.09. The number of aliphatic hydroxyl groups is 1. The smallest absolute Gasteiger partial charge is 0.0991 e. The van der Waals surface area contributed by atoms with Crippen molar-refractivity contribution in [1.82, 2.24) is 14.9 Å². The van der Waals surface area contributed by atoms with Gasteiger partial charge in [-0.25, -0.2) is 4.98 Å². The van der Waals surface area contributed by atoms with Crippen LogP contribution in [0.25, 0.3) is 5.69 Å². The summed E-state index contributed by atoms with van der Waals surface area (Å²) in [7, 11) is 1.63. The average molecular weight is 261 g/mol. The molecule has 0 bridgehead atoms. The molecule has 19 heavy (non-hydrogen) atoms. The number of benzene rings is 1. The summed E-state index contributed by atoms with van der Waals surface area (Å²) < 4.78 is 6.98. The fourth-order valence-corrected chi connectivity index (χ4v) is 1.84. The molecule has 1 aromatic carbocycles. The SMILES string of the molecule is COCC(CO)NCc1ccc(-n2ccnc2)cc1. The number of imidazole rings is 1. The summed E-state index contributed by atoms with van der Waals surface area (Å²) in [6.45, 7) is 1.28. The Labute approximate surface area is 112 Å². The maximum Gasteiger partial charge on any atom is 0.0991 e. The van der Waals surface area contributed by atoms with E-state index in [1.807, 2.05) is 22.9 Å². The molecule has 1 unspecified atom stereocenters. The van der Waals surface area contributed by atoms with Gasteiger partial charge in [0.05, 0.1) is 25.6 Å². The summed E-state index contributed by atoms with van der Waals surface area (Å²) >= 11 is 0. The zero-order chi connectivity index (χ0) is 13.5. The molecule has 102 valence electrons. The van der Waals surface area contributed by atoms with Gasteiger partial charge in [0.1, 0.15) is 0 Å². The first kappa shape index (κ1) is 13.7. The Kier molecular flexibility index (Phi) is 5.09. The van der Waals surface area contributed by atoms with Crippen LogP contribution in [-0.2, 0) is 11.3 Å². The summed E-state index contributed by atoms with van der Waals surface area (Å²) in [6, 6.07) is 8.18. The van der Waals surface area contributed by atoms with E-state index in [0.717, 1.165) is 5.69 Å². The predicted molar refractivity (Wildman–Crippen MR) is 73.2 cm³/mol. The Hall–Kier alpha value is -1.69. The summed E-state index contributed by atoms with van der Waals surface area (Å²) in [6.07, 6.45) is 5.44. The first-order valence-electron chi connectivity index (χ1n) is 6.24. The minimum atomic E-state index is -0.0293. The molecule has 0 amide bonds. The van der Waals surface area contributed by atoms with E-state index in [9.17, 15) is 0 Å². The number of hydrogen-bond acceptors (Lipinski definition) is 4. The number of ether oxygens (including phenoxy) is 1. The number of hydrogen-bond donors (Lipinski definition) is 2. The van der Waals surface area contributed by atoms with E-state index >= 15 is 0 Å². The van der Waals surface area contributed by atoms with Crippen LogP contribution in [0.5, 0.6) is 0 Å². The van der Waals surface area contributed by atoms with Crippen molar-refractivity contribution in [3.8, 4) is 5.69 Å². The van der Waals surface area contributed by atoms with E-state index in [1.54, 1.807) is 19.6 Å². The third-order valence-electron chi connectivity index (χ3n) is 2.92. The Bertz CT molecular complexity index is 468. The summed E-state index contributed by atoms with van der Waals surface area (Å²) in [5, 5.41) is 12.4. The van der Waals surface area contributed by atoms with Gasteiger partial charge in [0.25, 0.3) is 0 Å². The molecule has 0 fully saturated rings. The van der Waals surface area contributed by atoms with E-state index in [4.69, 9.17) is 9.84 Å². The molecule has 0 spiro atoms. The molecule has 0 saturated carbocycles. The third-order valence-corrected chi connectivity index (χ3v) is 2.92. The topological polar surface area (TPSA) is 59.3 Å². The van der Waals surface area contributed by atoms with Gasteiger partial charge in [-0.1, -0.05) is 12.1 Å². The molecule has 5 heteroatoms. The van der Waals surface area contributed by atoms with Crippen LogP contribution in [0.1, 0.15) is 5.56 Å². The van der Waals surface area contributed by atoms with Crippen molar-refractivity contribution in [2.45, 2.75) is 12.6 Å². The number of rotatable bonds is 7. The number of aromatic nitrogens is 2. The average Bonchev–Trinajstić information content (AvgIpc) is 2.98. The molecule has 2 N–H and O–H groups in total. The van der Waals surface area contributed by atoms with Crippen LogP contribution in [0.4, 0.5) is 0 Å². The van der Waals surface area contributed by atoms with Crippen LogP contribution in [0.2, 0.25) is 0 Å². The first-order chi connectivity index (χ1) is 9.33. The maximum atomic E-state index is 9.15. The zero-order valence-electron chi connectivity index (χ0n) is 11.0. The molecule has 0 radical (unpaired) electrons. The lowest BCUT2D eigenvalue weighted by molar-refractivity contribution is 0.128. The Morgan fingerprint density at radius 2 is 2.16 bits per heavy atom. The standard InChI is InChI=1S/C14H19N3O2/c1-19-10-13(9-18)16-8-12-2-4-14(5-3-12)17-7-6-15-11-17/h2-7,11,13,16,18H,8-10H2,1H3. The van der Waals surface area contributed by atoms with Crippen LogP contribution in [-0.4, -0.2) is 41.0 Å². The molecule has 2 rings (SSSR count). The third kappa shape index (κ3) is 3.89. The van der Waals surface area contributed by atoms with Gasteiger partial charge in [0.15, 0.2) is 0 Å². The minimum Gasteiger partial charge on any atom is -0.395 e. The molecule has 0 aliphatic rings. The molecule has 1 atom stereocenters. The van der Waals surface area contributed by atoms with E-state index in [-0.39, 0.29) is 12.6 Å². The summed E-state index contributed by atoms with van der Waals surface area (Å²) in [5.41, 5.74) is 2.25. The Balaban J connectivity index is 1.92. The fourth-order valence-electron chi connectivity index (χ4n) is 1.84. The van der Waals surface area contributed by atoms with Gasteiger partial charge >= 0.3 is 0 Å². The summed E-state index contributed by atoms with van der Waals surface area (Å²) in [4.78, 5) is 4.02. The molecular weight excluding hydrogens is 242 g/mol. The van der Waals surface area contributed by atoms with Crippen LogP contribution in [0.15, 0.2) is 43.0 Å². The van der Waals surface area contributed by atoms with Crippen LogP contribution in [0, 0.1) is 0 Å². The highest BCUT2D eigenvalue weighted by molar-refractivity contribution is 5.34. The molecule has 0 aliphatic heterocycles. The van der Waals surface area contributed by atoms with Gasteiger partial charge < -0.3 is 19.7 Å². The lowest BCUT2D eigenvalue weighted by Crippen LogP contribution is -2.35. The van der Waals surface area contributed by atoms with Crippen molar-refractivity contribution in [3.63, 3.8) is 0 Å². The van der Waals surface area contributed by atoms with Crippen molar-refractivity contribution in [2.24, 2.45) is 0 Å². The van der Waals surface area contributed by atoms with Crippen molar-refractivity contribution in [3.05, 3.63) is 48.5 Å². The number of aliphatic hydroxyl groups excluding tert-OH is 1. The maximum absolute atomic E-state index is 9.15. The van der Waals surface area contributed by atoms with Gasteiger partial charge in [-0.3, -0.25) is 0 Å². The van der Waals surface area contributed by atoms with Crippen molar-refractivity contribution >= 4 is 0 Å². The molecule has 0 aliphatic carbocycles. The van der Waals surface area contributed by atoms with Crippen LogP contribution < -0.4 is 5.32 Å². The highest BCUT2D eigenvalue weighted by atomic mass is 16.5. The highest BCUT2D eigenvalue weighted by Gasteiger charge is 2.05. The van der Waals surface area contributed by atoms with E-state index in [0.29, 0.717) is 13.2 Å². The molecule has 1 heterocycles. The second-order valence-electron chi connectivity index (χ2n) is 4.35. The van der Waals surface area contributed by atoms with E-state index < -0.39 is 0 Å². The largest absolute Gasteiger partial charge is 0.395 e.